The molecular formula is C20H19F2N3O. The molecule has 0 aliphatic carbocycles. The van der Waals surface area contributed by atoms with E-state index in [1.165, 1.54) is 12.3 Å². The summed E-state index contributed by atoms with van der Waals surface area (Å²) in [6.07, 6.45) is 8.74. The lowest BCUT2D eigenvalue weighted by atomic mass is 10.2. The van der Waals surface area contributed by atoms with Gasteiger partial charge in [0.05, 0.1) is 5.69 Å². The number of nitrogens with two attached hydrogens (primary N) is 1. The maximum Gasteiger partial charge on any atom is 0.222 e. The summed E-state index contributed by atoms with van der Waals surface area (Å²) < 4.78 is 32.5. The average molecular weight is 355 g/mol. The van der Waals surface area contributed by atoms with Crippen LogP contribution in [0.25, 0.3) is 5.57 Å². The molecule has 1 aromatic carbocycles. The zero-order valence-electron chi connectivity index (χ0n) is 14.8. The molecule has 1 heterocycles. The lowest BCUT2D eigenvalue weighted by molar-refractivity contribution is 0.423. The summed E-state index contributed by atoms with van der Waals surface area (Å²) in [5, 5.41) is 0. The van der Waals surface area contributed by atoms with Crippen molar-refractivity contribution in [3.63, 3.8) is 0 Å². The van der Waals surface area contributed by atoms with Crippen molar-refractivity contribution in [2.45, 2.75) is 20.8 Å². The molecule has 0 bridgehead atoms. The van der Waals surface area contributed by atoms with Crippen LogP contribution in [0.4, 0.5) is 14.5 Å². The molecule has 0 aliphatic heterocycles. The van der Waals surface area contributed by atoms with E-state index in [-0.39, 0.29) is 17.3 Å². The minimum Gasteiger partial charge on any atom is -0.436 e. The minimum atomic E-state index is -0.869. The Bertz CT molecular complexity index is 923. The summed E-state index contributed by atoms with van der Waals surface area (Å²) in [5.41, 5.74) is 10.0. The highest BCUT2D eigenvalue weighted by Gasteiger charge is 2.11. The van der Waals surface area contributed by atoms with Crippen LogP contribution in [0.2, 0.25) is 0 Å². The number of halogens is 2. The van der Waals surface area contributed by atoms with Crippen LogP contribution in [0.1, 0.15) is 26.6 Å². The Morgan fingerprint density at radius 2 is 1.96 bits per heavy atom. The van der Waals surface area contributed by atoms with E-state index in [9.17, 15) is 8.78 Å². The molecule has 0 radical (unpaired) electrons. The molecule has 0 spiro atoms. The number of hydrogen-bond acceptors (Lipinski definition) is 4. The summed E-state index contributed by atoms with van der Waals surface area (Å²) in [7, 11) is 0. The monoisotopic (exact) mass is 355 g/mol. The fraction of sp³-hybridized carbons (Fsp3) is 0.150. The van der Waals surface area contributed by atoms with Crippen molar-refractivity contribution < 1.29 is 13.5 Å². The number of nitrogens with zero attached hydrogens (tertiary/aromatic N) is 2. The second-order valence-corrected chi connectivity index (χ2v) is 5.59. The van der Waals surface area contributed by atoms with Crippen molar-refractivity contribution in [1.82, 2.24) is 9.97 Å². The summed E-state index contributed by atoms with van der Waals surface area (Å²) in [6.45, 7) is 5.78. The first-order valence-electron chi connectivity index (χ1n) is 7.88. The van der Waals surface area contributed by atoms with Crippen molar-refractivity contribution in [3.8, 4) is 11.6 Å². The van der Waals surface area contributed by atoms with Crippen LogP contribution in [0, 0.1) is 11.6 Å². The lowest BCUT2D eigenvalue weighted by Crippen LogP contribution is -1.99. The first-order valence-corrected chi connectivity index (χ1v) is 7.88. The van der Waals surface area contributed by atoms with E-state index >= 15 is 0 Å². The predicted molar refractivity (Wildman–Crippen MR) is 98.6 cm³/mol. The maximum atomic E-state index is 13.8. The van der Waals surface area contributed by atoms with E-state index < -0.39 is 11.6 Å². The fourth-order valence-electron chi connectivity index (χ4n) is 1.89. The fourth-order valence-corrected chi connectivity index (χ4v) is 1.89. The molecule has 26 heavy (non-hydrogen) atoms. The molecule has 2 rings (SSSR count). The number of allylic oxidation sites excluding steroid dienone is 5. The van der Waals surface area contributed by atoms with Crippen molar-refractivity contribution >= 4 is 11.3 Å². The molecule has 1 aromatic heterocycles. The topological polar surface area (TPSA) is 61.0 Å². The highest BCUT2D eigenvalue weighted by atomic mass is 19.1. The van der Waals surface area contributed by atoms with Gasteiger partial charge in [-0.1, -0.05) is 17.7 Å². The van der Waals surface area contributed by atoms with Crippen molar-refractivity contribution in [2.75, 3.05) is 5.73 Å². The minimum absolute atomic E-state index is 0.108. The van der Waals surface area contributed by atoms with Crippen molar-refractivity contribution in [1.29, 1.82) is 0 Å². The van der Waals surface area contributed by atoms with E-state index in [1.54, 1.807) is 12.2 Å². The van der Waals surface area contributed by atoms with Crippen LogP contribution in [0.15, 0.2) is 60.0 Å². The Balaban J connectivity index is 2.40. The van der Waals surface area contributed by atoms with Crippen LogP contribution in [-0.4, -0.2) is 9.97 Å². The predicted octanol–water partition coefficient (Wildman–Crippen LogP) is 5.21. The first-order chi connectivity index (χ1) is 12.4. The quantitative estimate of drug-likeness (QED) is 0.454. The van der Waals surface area contributed by atoms with Gasteiger partial charge in [0.1, 0.15) is 5.82 Å². The van der Waals surface area contributed by atoms with Gasteiger partial charge in [0, 0.05) is 30.0 Å². The van der Waals surface area contributed by atoms with Crippen LogP contribution in [0.3, 0.4) is 0 Å². The zero-order chi connectivity index (χ0) is 19.1. The van der Waals surface area contributed by atoms with Gasteiger partial charge >= 0.3 is 0 Å². The summed E-state index contributed by atoms with van der Waals surface area (Å²) in [6, 6.07) is 3.22. The Kier molecular flexibility index (Phi) is 6.42. The molecule has 0 saturated carbocycles. The molecule has 4 nitrogen and oxygen atoms in total. The third-order valence-corrected chi connectivity index (χ3v) is 3.16. The molecule has 0 fully saturated rings. The third kappa shape index (κ3) is 5.13. The molecule has 0 aliphatic rings. The van der Waals surface area contributed by atoms with Crippen LogP contribution < -0.4 is 10.5 Å². The van der Waals surface area contributed by atoms with E-state index in [4.69, 9.17) is 10.5 Å². The smallest absolute Gasteiger partial charge is 0.222 e. The normalized spacial score (nSPS) is 10.7. The van der Waals surface area contributed by atoms with Gasteiger partial charge in [-0.2, -0.15) is 4.98 Å². The van der Waals surface area contributed by atoms with Gasteiger partial charge in [-0.25, -0.2) is 13.8 Å². The van der Waals surface area contributed by atoms with Crippen molar-refractivity contribution in [2.24, 2.45) is 0 Å². The molecular weight excluding hydrogens is 336 g/mol. The van der Waals surface area contributed by atoms with Gasteiger partial charge in [0.15, 0.2) is 17.4 Å². The molecule has 0 atom stereocenters. The van der Waals surface area contributed by atoms with Crippen molar-refractivity contribution in [3.05, 3.63) is 77.5 Å². The largest absolute Gasteiger partial charge is 0.436 e. The molecule has 2 aromatic rings. The number of anilines is 1. The molecule has 2 N–H and O–H groups in total. The van der Waals surface area contributed by atoms with Gasteiger partial charge in [0.2, 0.25) is 5.88 Å². The maximum absolute atomic E-state index is 13.8. The molecule has 0 unspecified atom stereocenters. The second kappa shape index (κ2) is 8.74. The Labute approximate surface area is 151 Å². The summed E-state index contributed by atoms with van der Waals surface area (Å²) >= 11 is 0. The van der Waals surface area contributed by atoms with Gasteiger partial charge in [-0.3, -0.25) is 0 Å². The lowest BCUT2D eigenvalue weighted by Gasteiger charge is -2.08. The SMILES string of the molecule is CC=C=C/C(=C\C=C(C)C)c1nccc(Oc2cc(N)c(F)cc2F)n1. The standard InChI is InChI=1S/C20H19F2N3O/c1-4-5-6-14(8-7-13(2)3)20-24-10-9-19(25-20)26-18-12-17(23)15(21)11-16(18)22/h4,6-12H,23H2,1-3H3/b14-8+. The Morgan fingerprint density at radius 3 is 2.65 bits per heavy atom. The number of ether oxygens (including phenoxy) is 1. The summed E-state index contributed by atoms with van der Waals surface area (Å²) in [4.78, 5) is 8.49. The number of nitrogen functional groups attached to an aromatic ring is 1. The number of benzene rings is 1. The van der Waals surface area contributed by atoms with E-state index in [2.05, 4.69) is 15.7 Å². The van der Waals surface area contributed by atoms with Crippen LogP contribution in [-0.2, 0) is 0 Å². The molecule has 0 saturated heterocycles. The first kappa shape index (κ1) is 19.1. The molecule has 134 valence electrons. The van der Waals surface area contributed by atoms with Crippen LogP contribution >= 0.6 is 0 Å². The molecule has 0 amide bonds. The number of aromatic nitrogens is 2. The Morgan fingerprint density at radius 1 is 1.19 bits per heavy atom. The second-order valence-electron chi connectivity index (χ2n) is 5.59. The van der Waals surface area contributed by atoms with Gasteiger partial charge in [0.25, 0.3) is 0 Å². The Hall–Kier alpha value is -3.24. The van der Waals surface area contributed by atoms with Gasteiger partial charge in [-0.15, -0.1) is 5.73 Å². The third-order valence-electron chi connectivity index (χ3n) is 3.16. The van der Waals surface area contributed by atoms with Gasteiger partial charge < -0.3 is 10.5 Å². The van der Waals surface area contributed by atoms with Crippen LogP contribution in [0.5, 0.6) is 11.6 Å². The van der Waals surface area contributed by atoms with E-state index in [1.807, 2.05) is 32.9 Å². The van der Waals surface area contributed by atoms with Gasteiger partial charge in [-0.05, 0) is 32.9 Å². The average Bonchev–Trinajstić information content (AvgIpc) is 2.60. The van der Waals surface area contributed by atoms with E-state index in [0.717, 1.165) is 11.6 Å². The zero-order valence-corrected chi connectivity index (χ0v) is 14.8. The van der Waals surface area contributed by atoms with E-state index in [0.29, 0.717) is 17.5 Å². The number of hydrogen-bond donors (Lipinski definition) is 1. The number of rotatable bonds is 5. The highest BCUT2D eigenvalue weighted by Crippen LogP contribution is 2.27. The highest BCUT2D eigenvalue weighted by molar-refractivity contribution is 5.71. The molecule has 6 heteroatoms. The summed E-state index contributed by atoms with van der Waals surface area (Å²) in [5.74, 6) is -1.44.